The lowest BCUT2D eigenvalue weighted by Gasteiger charge is -2.38. The minimum Gasteiger partial charge on any atom is -0.454 e. The van der Waals surface area contributed by atoms with Crippen LogP contribution in [0.2, 0.25) is 5.02 Å². The largest absolute Gasteiger partial charge is 0.454 e. The topological polar surface area (TPSA) is 42.0 Å². The number of fused-ring (bicyclic) bond motifs is 1. The van der Waals surface area contributed by atoms with Crippen LogP contribution in [0.25, 0.3) is 0 Å². The Morgan fingerprint density at radius 1 is 1.13 bits per heavy atom. The maximum atomic E-state index is 12.5. The lowest BCUT2D eigenvalue weighted by atomic mass is 10.1. The maximum Gasteiger partial charge on any atom is 0.237 e. The van der Waals surface area contributed by atoms with E-state index >= 15 is 0 Å². The standard InChI is InChI=1S/C17H21ClN2O3/c18-14-8-16-15(22-11-23-16)7-12(14)9-19-5-6-20(17(21)10-19)13-3-1-2-4-13/h7-8,13H,1-6,9-11H2. The van der Waals surface area contributed by atoms with E-state index in [0.717, 1.165) is 24.4 Å². The molecule has 0 unspecified atom stereocenters. The van der Waals surface area contributed by atoms with Gasteiger partial charge in [0, 0.05) is 36.8 Å². The van der Waals surface area contributed by atoms with Gasteiger partial charge in [-0.2, -0.15) is 0 Å². The molecule has 1 aromatic carbocycles. The van der Waals surface area contributed by atoms with Crippen LogP contribution < -0.4 is 9.47 Å². The van der Waals surface area contributed by atoms with Gasteiger partial charge in [-0.1, -0.05) is 24.4 Å². The van der Waals surface area contributed by atoms with Crippen molar-refractivity contribution in [3.63, 3.8) is 0 Å². The Hall–Kier alpha value is -1.46. The van der Waals surface area contributed by atoms with Gasteiger partial charge >= 0.3 is 0 Å². The molecule has 124 valence electrons. The number of nitrogens with zero attached hydrogens (tertiary/aromatic N) is 2. The highest BCUT2D eigenvalue weighted by Gasteiger charge is 2.31. The van der Waals surface area contributed by atoms with Gasteiger partial charge in [0.05, 0.1) is 6.54 Å². The van der Waals surface area contributed by atoms with Gasteiger partial charge in [0.15, 0.2) is 11.5 Å². The molecule has 1 saturated carbocycles. The molecule has 0 aromatic heterocycles. The molecule has 0 radical (unpaired) electrons. The van der Waals surface area contributed by atoms with Crippen LogP contribution in [-0.2, 0) is 11.3 Å². The summed E-state index contributed by atoms with van der Waals surface area (Å²) >= 11 is 6.34. The third-order valence-electron chi connectivity index (χ3n) is 5.04. The molecule has 0 N–H and O–H groups in total. The first-order valence-corrected chi connectivity index (χ1v) is 8.68. The van der Waals surface area contributed by atoms with E-state index < -0.39 is 0 Å². The van der Waals surface area contributed by atoms with E-state index in [2.05, 4.69) is 9.80 Å². The molecule has 3 aliphatic rings. The normalized spacial score (nSPS) is 22.1. The van der Waals surface area contributed by atoms with E-state index in [4.69, 9.17) is 21.1 Å². The number of rotatable bonds is 3. The first kappa shape index (κ1) is 15.1. The van der Waals surface area contributed by atoms with Crippen LogP contribution in [-0.4, -0.2) is 48.2 Å². The number of carbonyl (C=O) groups is 1. The maximum absolute atomic E-state index is 12.5. The van der Waals surface area contributed by atoms with Crippen LogP contribution in [0.1, 0.15) is 31.2 Å². The van der Waals surface area contributed by atoms with E-state index in [1.807, 2.05) is 6.07 Å². The van der Waals surface area contributed by atoms with Crippen LogP contribution in [0.15, 0.2) is 12.1 Å². The van der Waals surface area contributed by atoms with Crippen LogP contribution in [0.3, 0.4) is 0 Å². The number of hydrogen-bond acceptors (Lipinski definition) is 4. The SMILES string of the molecule is O=C1CN(Cc2cc3c(cc2Cl)OCO3)CCN1C1CCCC1. The van der Waals surface area contributed by atoms with E-state index in [1.165, 1.54) is 25.7 Å². The predicted molar refractivity (Wildman–Crippen MR) is 86.8 cm³/mol. The zero-order chi connectivity index (χ0) is 15.8. The van der Waals surface area contributed by atoms with Gasteiger partial charge in [0.2, 0.25) is 12.7 Å². The third-order valence-corrected chi connectivity index (χ3v) is 5.39. The Morgan fingerprint density at radius 3 is 2.61 bits per heavy atom. The van der Waals surface area contributed by atoms with Crippen LogP contribution >= 0.6 is 11.6 Å². The van der Waals surface area contributed by atoms with Crippen molar-refractivity contribution in [2.24, 2.45) is 0 Å². The van der Waals surface area contributed by atoms with Gasteiger partial charge in [0.25, 0.3) is 0 Å². The van der Waals surface area contributed by atoms with Crippen molar-refractivity contribution < 1.29 is 14.3 Å². The van der Waals surface area contributed by atoms with Crippen molar-refractivity contribution in [1.82, 2.24) is 9.80 Å². The second kappa shape index (κ2) is 6.21. The van der Waals surface area contributed by atoms with Gasteiger partial charge in [-0.25, -0.2) is 0 Å². The Kier molecular flexibility index (Phi) is 4.07. The predicted octanol–water partition coefficient (Wildman–Crippen LogP) is 2.66. The molecule has 1 aliphatic carbocycles. The summed E-state index contributed by atoms with van der Waals surface area (Å²) in [5.41, 5.74) is 0.984. The minimum absolute atomic E-state index is 0.244. The molecule has 1 saturated heterocycles. The number of ether oxygens (including phenoxy) is 2. The fraction of sp³-hybridized carbons (Fsp3) is 0.588. The second-order valence-corrected chi connectivity index (χ2v) is 6.94. The fourth-order valence-corrected chi connectivity index (χ4v) is 4.01. The molecule has 2 heterocycles. The van der Waals surface area contributed by atoms with Crippen LogP contribution in [0.4, 0.5) is 0 Å². The van der Waals surface area contributed by atoms with Crippen molar-refractivity contribution in [2.75, 3.05) is 26.4 Å². The summed E-state index contributed by atoms with van der Waals surface area (Å²) < 4.78 is 10.7. The quantitative estimate of drug-likeness (QED) is 0.851. The van der Waals surface area contributed by atoms with Crippen molar-refractivity contribution >= 4 is 17.5 Å². The summed E-state index contributed by atoms with van der Waals surface area (Å²) in [4.78, 5) is 16.7. The van der Waals surface area contributed by atoms with E-state index in [-0.39, 0.29) is 12.7 Å². The summed E-state index contributed by atoms with van der Waals surface area (Å²) in [6, 6.07) is 4.20. The smallest absolute Gasteiger partial charge is 0.237 e. The summed E-state index contributed by atoms with van der Waals surface area (Å²) in [6.45, 7) is 3.10. The highest BCUT2D eigenvalue weighted by molar-refractivity contribution is 6.31. The molecule has 0 bridgehead atoms. The zero-order valence-corrected chi connectivity index (χ0v) is 13.8. The minimum atomic E-state index is 0.244. The number of amides is 1. The van der Waals surface area contributed by atoms with E-state index in [1.54, 1.807) is 6.07 Å². The summed E-state index contributed by atoms with van der Waals surface area (Å²) in [5, 5.41) is 0.667. The Balaban J connectivity index is 1.42. The van der Waals surface area contributed by atoms with E-state index in [0.29, 0.717) is 29.9 Å². The first-order chi connectivity index (χ1) is 11.2. The molecule has 0 atom stereocenters. The molecule has 2 aliphatic heterocycles. The highest BCUT2D eigenvalue weighted by atomic mass is 35.5. The molecule has 6 heteroatoms. The lowest BCUT2D eigenvalue weighted by molar-refractivity contribution is -0.138. The summed E-state index contributed by atoms with van der Waals surface area (Å²) in [6.07, 6.45) is 4.84. The molecule has 5 nitrogen and oxygen atoms in total. The van der Waals surface area contributed by atoms with Crippen LogP contribution in [0.5, 0.6) is 11.5 Å². The highest BCUT2D eigenvalue weighted by Crippen LogP contribution is 2.37. The molecule has 0 spiro atoms. The number of benzene rings is 1. The fourth-order valence-electron chi connectivity index (χ4n) is 3.79. The van der Waals surface area contributed by atoms with Crippen molar-refractivity contribution in [3.05, 3.63) is 22.7 Å². The molecular formula is C17H21ClN2O3. The Morgan fingerprint density at radius 2 is 1.87 bits per heavy atom. The number of hydrogen-bond donors (Lipinski definition) is 0. The number of carbonyl (C=O) groups excluding carboxylic acids is 1. The zero-order valence-electron chi connectivity index (χ0n) is 13.1. The van der Waals surface area contributed by atoms with Gasteiger partial charge < -0.3 is 14.4 Å². The van der Waals surface area contributed by atoms with Crippen molar-refractivity contribution in [3.8, 4) is 11.5 Å². The number of piperazine rings is 1. The summed E-state index contributed by atoms with van der Waals surface area (Å²) in [5.74, 6) is 1.68. The van der Waals surface area contributed by atoms with Gasteiger partial charge in [-0.15, -0.1) is 0 Å². The lowest BCUT2D eigenvalue weighted by Crippen LogP contribution is -2.53. The molecule has 23 heavy (non-hydrogen) atoms. The number of halogens is 1. The van der Waals surface area contributed by atoms with Gasteiger partial charge in [0.1, 0.15) is 0 Å². The van der Waals surface area contributed by atoms with E-state index in [9.17, 15) is 4.79 Å². The molecule has 1 aromatic rings. The first-order valence-electron chi connectivity index (χ1n) is 8.30. The molecule has 1 amide bonds. The molecular weight excluding hydrogens is 316 g/mol. The van der Waals surface area contributed by atoms with Crippen molar-refractivity contribution in [2.45, 2.75) is 38.3 Å². The molecule has 2 fully saturated rings. The van der Waals surface area contributed by atoms with Gasteiger partial charge in [-0.3, -0.25) is 9.69 Å². The average Bonchev–Trinajstić information content (AvgIpc) is 3.19. The van der Waals surface area contributed by atoms with Gasteiger partial charge in [-0.05, 0) is 24.5 Å². The summed E-state index contributed by atoms with van der Waals surface area (Å²) in [7, 11) is 0. The molecule has 4 rings (SSSR count). The van der Waals surface area contributed by atoms with Crippen LogP contribution in [0, 0.1) is 0 Å². The van der Waals surface area contributed by atoms with Crippen molar-refractivity contribution in [1.29, 1.82) is 0 Å². The monoisotopic (exact) mass is 336 g/mol. The third kappa shape index (κ3) is 3.00. The Labute approximate surface area is 141 Å². The average molecular weight is 337 g/mol. The Bertz CT molecular complexity index is 616. The second-order valence-electron chi connectivity index (χ2n) is 6.53.